The number of aryl methyl sites for hydroxylation is 1. The highest BCUT2D eigenvalue weighted by Gasteiger charge is 2.09. The third kappa shape index (κ3) is 5.35. The first-order chi connectivity index (χ1) is 8.74. The molecule has 1 amide bonds. The number of hydrazine groups is 1. The number of carbonyl (C=O) groups excluding carboxylic acids is 2. The lowest BCUT2D eigenvalue weighted by molar-refractivity contribution is -0.110. The van der Waals surface area contributed by atoms with Crippen molar-refractivity contribution in [3.05, 3.63) is 24.3 Å². The molecule has 0 atom stereocenters. The van der Waals surface area contributed by atoms with E-state index in [2.05, 4.69) is 14.7 Å². The summed E-state index contributed by atoms with van der Waals surface area (Å²) in [7, 11) is 0. The molecule has 18 heavy (non-hydrogen) atoms. The zero-order chi connectivity index (χ0) is 13.2. The molecular formula is C11H16N4O3. The lowest BCUT2D eigenvalue weighted by Gasteiger charge is -2.15. The Morgan fingerprint density at radius 1 is 1.39 bits per heavy atom. The van der Waals surface area contributed by atoms with Gasteiger partial charge >= 0.3 is 6.09 Å². The molecule has 1 aromatic rings. The van der Waals surface area contributed by atoms with Gasteiger partial charge in [0.25, 0.3) is 0 Å². The number of nitrogens with zero attached hydrogens (tertiary/aromatic N) is 3. The van der Waals surface area contributed by atoms with Gasteiger partial charge in [-0.3, -0.25) is 4.79 Å². The van der Waals surface area contributed by atoms with Crippen LogP contribution in [-0.2, 0) is 16.0 Å². The van der Waals surface area contributed by atoms with E-state index in [1.54, 1.807) is 12.4 Å². The van der Waals surface area contributed by atoms with E-state index < -0.39 is 6.09 Å². The number of carbonyl (C=O) groups is 2. The van der Waals surface area contributed by atoms with Crippen molar-refractivity contribution in [2.24, 2.45) is 5.84 Å². The average molecular weight is 252 g/mol. The minimum absolute atomic E-state index is 0.270. The highest BCUT2D eigenvalue weighted by Crippen LogP contribution is 2.02. The first-order valence-corrected chi connectivity index (χ1v) is 5.60. The first kappa shape index (κ1) is 14.0. The van der Waals surface area contributed by atoms with E-state index in [-0.39, 0.29) is 6.61 Å². The van der Waals surface area contributed by atoms with Gasteiger partial charge in [0.15, 0.2) is 6.29 Å². The molecule has 0 saturated heterocycles. The molecule has 0 spiro atoms. The van der Waals surface area contributed by atoms with Gasteiger partial charge in [-0.25, -0.2) is 25.6 Å². The SMILES string of the molecule is NN(CCCCc1cncnc1)C(=O)OCC=O. The molecule has 7 heteroatoms. The lowest BCUT2D eigenvalue weighted by atomic mass is 10.1. The number of hydrogen-bond acceptors (Lipinski definition) is 6. The molecule has 0 bridgehead atoms. The molecule has 0 aliphatic heterocycles. The summed E-state index contributed by atoms with van der Waals surface area (Å²) in [5.74, 6) is 5.46. The first-order valence-electron chi connectivity index (χ1n) is 5.60. The molecule has 1 heterocycles. The zero-order valence-electron chi connectivity index (χ0n) is 9.99. The monoisotopic (exact) mass is 252 g/mol. The van der Waals surface area contributed by atoms with Gasteiger partial charge in [-0.1, -0.05) is 0 Å². The zero-order valence-corrected chi connectivity index (χ0v) is 9.99. The Morgan fingerprint density at radius 3 is 2.78 bits per heavy atom. The molecule has 7 nitrogen and oxygen atoms in total. The van der Waals surface area contributed by atoms with Crippen LogP contribution in [0.5, 0.6) is 0 Å². The fourth-order valence-corrected chi connectivity index (χ4v) is 1.35. The Balaban J connectivity index is 2.14. The summed E-state index contributed by atoms with van der Waals surface area (Å²) < 4.78 is 4.54. The van der Waals surface area contributed by atoms with Crippen LogP contribution in [0.1, 0.15) is 18.4 Å². The van der Waals surface area contributed by atoms with Crippen molar-refractivity contribution >= 4 is 12.4 Å². The molecule has 0 saturated carbocycles. The fraction of sp³-hybridized carbons (Fsp3) is 0.455. The molecule has 1 aromatic heterocycles. The van der Waals surface area contributed by atoms with Crippen LogP contribution in [0.15, 0.2) is 18.7 Å². The van der Waals surface area contributed by atoms with Crippen LogP contribution in [-0.4, -0.2) is 40.5 Å². The van der Waals surface area contributed by atoms with Crippen LogP contribution in [0.25, 0.3) is 0 Å². The van der Waals surface area contributed by atoms with Crippen LogP contribution in [0.3, 0.4) is 0 Å². The number of aldehydes is 1. The van der Waals surface area contributed by atoms with E-state index in [9.17, 15) is 9.59 Å². The van der Waals surface area contributed by atoms with Crippen molar-refractivity contribution in [2.45, 2.75) is 19.3 Å². The summed E-state index contributed by atoms with van der Waals surface area (Å²) in [6.07, 6.45) is 7.24. The highest BCUT2D eigenvalue weighted by molar-refractivity contribution is 5.68. The normalized spacial score (nSPS) is 9.83. The Morgan fingerprint density at radius 2 is 2.11 bits per heavy atom. The van der Waals surface area contributed by atoms with Gasteiger partial charge in [0, 0.05) is 18.9 Å². The van der Waals surface area contributed by atoms with Gasteiger partial charge in [0.05, 0.1) is 0 Å². The van der Waals surface area contributed by atoms with Crippen molar-refractivity contribution in [1.29, 1.82) is 0 Å². The van der Waals surface area contributed by atoms with E-state index >= 15 is 0 Å². The Bertz CT molecular complexity index is 372. The van der Waals surface area contributed by atoms with E-state index in [1.165, 1.54) is 6.33 Å². The largest absolute Gasteiger partial charge is 0.441 e. The third-order valence-electron chi connectivity index (χ3n) is 2.24. The van der Waals surface area contributed by atoms with Gasteiger partial charge < -0.3 is 4.74 Å². The molecule has 0 aliphatic carbocycles. The van der Waals surface area contributed by atoms with E-state index in [4.69, 9.17) is 5.84 Å². The minimum Gasteiger partial charge on any atom is -0.441 e. The van der Waals surface area contributed by atoms with Crippen molar-refractivity contribution in [1.82, 2.24) is 15.0 Å². The predicted molar refractivity (Wildman–Crippen MR) is 63.3 cm³/mol. The quantitative estimate of drug-likeness (QED) is 0.246. The number of nitrogens with two attached hydrogens (primary N) is 1. The summed E-state index contributed by atoms with van der Waals surface area (Å²) in [6, 6.07) is 0. The van der Waals surface area contributed by atoms with Gasteiger partial charge in [-0.15, -0.1) is 0 Å². The lowest BCUT2D eigenvalue weighted by Crippen LogP contribution is -2.38. The number of hydrogen-bond donors (Lipinski definition) is 1. The van der Waals surface area contributed by atoms with Crippen LogP contribution < -0.4 is 5.84 Å². The molecule has 1 rings (SSSR count). The maximum atomic E-state index is 11.2. The molecule has 0 fully saturated rings. The topological polar surface area (TPSA) is 98.4 Å². The Hall–Kier alpha value is -2.02. The van der Waals surface area contributed by atoms with Crippen molar-refractivity contribution in [2.75, 3.05) is 13.2 Å². The van der Waals surface area contributed by atoms with Crippen molar-refractivity contribution < 1.29 is 14.3 Å². The maximum absolute atomic E-state index is 11.2. The van der Waals surface area contributed by atoms with E-state index in [0.717, 1.165) is 29.8 Å². The Kier molecular flexibility index (Phi) is 6.34. The fourth-order valence-electron chi connectivity index (χ4n) is 1.35. The molecule has 0 radical (unpaired) electrons. The molecule has 0 aromatic carbocycles. The predicted octanol–water partition coefficient (Wildman–Crippen LogP) is 0.310. The number of rotatable bonds is 7. The molecule has 0 aliphatic rings. The number of aromatic nitrogens is 2. The number of ether oxygens (including phenoxy) is 1. The van der Waals surface area contributed by atoms with E-state index in [0.29, 0.717) is 12.8 Å². The molecule has 2 N–H and O–H groups in total. The smallest absolute Gasteiger partial charge is 0.424 e. The maximum Gasteiger partial charge on any atom is 0.424 e. The number of amides is 1. The second-order valence-electron chi connectivity index (χ2n) is 3.64. The Labute approximate surface area is 105 Å². The summed E-state index contributed by atoms with van der Waals surface area (Å²) in [5, 5.41) is 0.963. The average Bonchev–Trinajstić information content (AvgIpc) is 2.41. The molecular weight excluding hydrogens is 236 g/mol. The number of unbranched alkanes of at least 4 members (excludes halogenated alkanes) is 1. The highest BCUT2D eigenvalue weighted by atomic mass is 16.6. The summed E-state index contributed by atoms with van der Waals surface area (Å²) in [5.41, 5.74) is 1.05. The summed E-state index contributed by atoms with van der Waals surface area (Å²) in [4.78, 5) is 29.0. The second-order valence-corrected chi connectivity index (χ2v) is 3.64. The minimum atomic E-state index is -0.690. The van der Waals surface area contributed by atoms with Crippen LogP contribution in [0, 0.1) is 0 Å². The van der Waals surface area contributed by atoms with Gasteiger partial charge in [0.2, 0.25) is 0 Å². The van der Waals surface area contributed by atoms with Crippen molar-refractivity contribution in [3.63, 3.8) is 0 Å². The van der Waals surface area contributed by atoms with Crippen LogP contribution in [0.4, 0.5) is 4.79 Å². The van der Waals surface area contributed by atoms with Gasteiger partial charge in [0.1, 0.15) is 12.9 Å². The van der Waals surface area contributed by atoms with Gasteiger partial charge in [-0.2, -0.15) is 0 Å². The standard InChI is InChI=1S/C11H16N4O3/c12-15(11(17)18-6-5-16)4-2-1-3-10-7-13-9-14-8-10/h5,7-9H,1-4,6,12H2. The van der Waals surface area contributed by atoms with Crippen LogP contribution in [0.2, 0.25) is 0 Å². The molecule has 98 valence electrons. The summed E-state index contributed by atoms with van der Waals surface area (Å²) in [6.45, 7) is 0.110. The van der Waals surface area contributed by atoms with Crippen molar-refractivity contribution in [3.8, 4) is 0 Å². The second kappa shape index (κ2) is 8.13. The summed E-state index contributed by atoms with van der Waals surface area (Å²) >= 11 is 0. The van der Waals surface area contributed by atoms with Gasteiger partial charge in [-0.05, 0) is 24.8 Å². The van der Waals surface area contributed by atoms with Crippen LogP contribution >= 0.6 is 0 Å². The molecule has 0 unspecified atom stereocenters. The third-order valence-corrected chi connectivity index (χ3v) is 2.24. The van der Waals surface area contributed by atoms with E-state index in [1.807, 2.05) is 0 Å².